The number of nitrogens with two attached hydrogens (primary N) is 1. The summed E-state index contributed by atoms with van der Waals surface area (Å²) < 4.78 is 5.61. The van der Waals surface area contributed by atoms with Gasteiger partial charge in [0.05, 0.1) is 6.10 Å². The monoisotopic (exact) mass is 276 g/mol. The van der Waals surface area contributed by atoms with Crippen LogP contribution in [0.1, 0.15) is 30.9 Å². The molecule has 3 N–H and O–H groups in total. The SMILES string of the molecule is Cc1ccccc1CC(C)NC(=O)C1CCC(CN)O1. The van der Waals surface area contributed by atoms with E-state index in [0.717, 1.165) is 19.3 Å². The second kappa shape index (κ2) is 6.86. The van der Waals surface area contributed by atoms with Crippen molar-refractivity contribution < 1.29 is 9.53 Å². The van der Waals surface area contributed by atoms with Crippen LogP contribution in [0, 0.1) is 6.92 Å². The highest BCUT2D eigenvalue weighted by Gasteiger charge is 2.30. The summed E-state index contributed by atoms with van der Waals surface area (Å²) in [7, 11) is 0. The summed E-state index contributed by atoms with van der Waals surface area (Å²) in [4.78, 5) is 12.1. The van der Waals surface area contributed by atoms with Crippen molar-refractivity contribution in [2.24, 2.45) is 5.73 Å². The predicted molar refractivity (Wildman–Crippen MR) is 79.4 cm³/mol. The molecule has 0 radical (unpaired) electrons. The molecule has 2 rings (SSSR count). The molecule has 20 heavy (non-hydrogen) atoms. The molecule has 0 spiro atoms. The summed E-state index contributed by atoms with van der Waals surface area (Å²) in [5.41, 5.74) is 8.09. The van der Waals surface area contributed by atoms with Gasteiger partial charge in [-0.3, -0.25) is 4.79 Å². The highest BCUT2D eigenvalue weighted by atomic mass is 16.5. The van der Waals surface area contributed by atoms with Crippen molar-refractivity contribution in [2.45, 2.75) is 51.4 Å². The Morgan fingerprint density at radius 1 is 1.45 bits per heavy atom. The Morgan fingerprint density at radius 3 is 2.85 bits per heavy atom. The van der Waals surface area contributed by atoms with Crippen LogP contribution in [0.2, 0.25) is 0 Å². The van der Waals surface area contributed by atoms with Crippen LogP contribution in [0.3, 0.4) is 0 Å². The third kappa shape index (κ3) is 3.81. The van der Waals surface area contributed by atoms with E-state index in [1.165, 1.54) is 11.1 Å². The minimum absolute atomic E-state index is 0.0120. The van der Waals surface area contributed by atoms with E-state index in [4.69, 9.17) is 10.5 Å². The third-order valence-electron chi connectivity index (χ3n) is 3.84. The van der Waals surface area contributed by atoms with Gasteiger partial charge in [-0.05, 0) is 44.2 Å². The molecule has 0 saturated carbocycles. The molecular weight excluding hydrogens is 252 g/mol. The fourth-order valence-electron chi connectivity index (χ4n) is 2.63. The van der Waals surface area contributed by atoms with Gasteiger partial charge in [0.15, 0.2) is 0 Å². The minimum atomic E-state index is -0.331. The zero-order valence-corrected chi connectivity index (χ0v) is 12.3. The molecule has 3 atom stereocenters. The Bertz CT molecular complexity index is 462. The van der Waals surface area contributed by atoms with E-state index in [0.29, 0.717) is 6.54 Å². The lowest BCUT2D eigenvalue weighted by atomic mass is 10.0. The number of aryl methyl sites for hydroxylation is 1. The summed E-state index contributed by atoms with van der Waals surface area (Å²) in [6.45, 7) is 4.61. The van der Waals surface area contributed by atoms with Gasteiger partial charge >= 0.3 is 0 Å². The van der Waals surface area contributed by atoms with Crippen LogP contribution in [0.15, 0.2) is 24.3 Å². The number of carbonyl (C=O) groups excluding carboxylic acids is 1. The normalized spacial score (nSPS) is 23.6. The maximum absolute atomic E-state index is 12.1. The lowest BCUT2D eigenvalue weighted by molar-refractivity contribution is -0.132. The van der Waals surface area contributed by atoms with Gasteiger partial charge in [0.2, 0.25) is 5.91 Å². The fourth-order valence-corrected chi connectivity index (χ4v) is 2.63. The zero-order chi connectivity index (χ0) is 14.5. The summed E-state index contributed by atoms with van der Waals surface area (Å²) in [6.07, 6.45) is 2.19. The Hall–Kier alpha value is -1.39. The molecule has 1 aromatic carbocycles. The van der Waals surface area contributed by atoms with Gasteiger partial charge in [-0.25, -0.2) is 0 Å². The second-order valence-corrected chi connectivity index (χ2v) is 5.60. The van der Waals surface area contributed by atoms with Crippen LogP contribution < -0.4 is 11.1 Å². The number of rotatable bonds is 5. The van der Waals surface area contributed by atoms with E-state index in [1.54, 1.807) is 0 Å². The number of hydrogen-bond acceptors (Lipinski definition) is 3. The molecule has 0 aliphatic carbocycles. The minimum Gasteiger partial charge on any atom is -0.364 e. The first kappa shape index (κ1) is 15.0. The second-order valence-electron chi connectivity index (χ2n) is 5.60. The maximum Gasteiger partial charge on any atom is 0.249 e. The molecule has 3 unspecified atom stereocenters. The van der Waals surface area contributed by atoms with Crippen molar-refractivity contribution in [2.75, 3.05) is 6.54 Å². The van der Waals surface area contributed by atoms with Crippen LogP contribution >= 0.6 is 0 Å². The number of carbonyl (C=O) groups is 1. The average molecular weight is 276 g/mol. The van der Waals surface area contributed by atoms with Crippen LogP contribution in [-0.2, 0) is 16.0 Å². The van der Waals surface area contributed by atoms with Crippen LogP contribution in [0.4, 0.5) is 0 Å². The van der Waals surface area contributed by atoms with Crippen molar-refractivity contribution in [3.05, 3.63) is 35.4 Å². The van der Waals surface area contributed by atoms with Crippen LogP contribution in [0.25, 0.3) is 0 Å². The standard InChI is InChI=1S/C16H24N2O2/c1-11-5-3-4-6-13(11)9-12(2)18-16(19)15-8-7-14(10-17)20-15/h3-6,12,14-15H,7-10,17H2,1-2H3,(H,18,19). The first-order valence-electron chi connectivity index (χ1n) is 7.30. The molecule has 1 heterocycles. The van der Waals surface area contributed by atoms with Crippen molar-refractivity contribution >= 4 is 5.91 Å². The molecule has 110 valence electrons. The summed E-state index contributed by atoms with van der Waals surface area (Å²) >= 11 is 0. The summed E-state index contributed by atoms with van der Waals surface area (Å²) in [6, 6.07) is 8.36. The quantitative estimate of drug-likeness (QED) is 0.857. The molecular formula is C16H24N2O2. The molecule has 1 aliphatic rings. The highest BCUT2D eigenvalue weighted by molar-refractivity contribution is 5.81. The topological polar surface area (TPSA) is 64.4 Å². The van der Waals surface area contributed by atoms with Crippen molar-refractivity contribution in [1.82, 2.24) is 5.32 Å². The first-order chi connectivity index (χ1) is 9.60. The zero-order valence-electron chi connectivity index (χ0n) is 12.3. The van der Waals surface area contributed by atoms with E-state index in [1.807, 2.05) is 19.1 Å². The van der Waals surface area contributed by atoms with E-state index in [9.17, 15) is 4.79 Å². The van der Waals surface area contributed by atoms with Gasteiger partial charge in [0, 0.05) is 12.6 Å². The van der Waals surface area contributed by atoms with Gasteiger partial charge in [-0.2, -0.15) is 0 Å². The van der Waals surface area contributed by atoms with Crippen LogP contribution in [0.5, 0.6) is 0 Å². The van der Waals surface area contributed by atoms with E-state index >= 15 is 0 Å². The first-order valence-corrected chi connectivity index (χ1v) is 7.30. The van der Waals surface area contributed by atoms with Crippen molar-refractivity contribution in [3.63, 3.8) is 0 Å². The highest BCUT2D eigenvalue weighted by Crippen LogP contribution is 2.19. The summed E-state index contributed by atoms with van der Waals surface area (Å²) in [5.74, 6) is -0.0120. The lowest BCUT2D eigenvalue weighted by Gasteiger charge is -2.18. The number of benzene rings is 1. The molecule has 1 amide bonds. The van der Waals surface area contributed by atoms with Crippen LogP contribution in [-0.4, -0.2) is 30.7 Å². The fraction of sp³-hybridized carbons (Fsp3) is 0.562. The number of ether oxygens (including phenoxy) is 1. The summed E-state index contributed by atoms with van der Waals surface area (Å²) in [5, 5.41) is 3.04. The number of hydrogen-bond donors (Lipinski definition) is 2. The number of nitrogens with one attached hydrogen (secondary N) is 1. The maximum atomic E-state index is 12.1. The molecule has 4 nitrogen and oxygen atoms in total. The van der Waals surface area contributed by atoms with Gasteiger partial charge in [0.25, 0.3) is 0 Å². The molecule has 1 fully saturated rings. The smallest absolute Gasteiger partial charge is 0.249 e. The van der Waals surface area contributed by atoms with Gasteiger partial charge < -0.3 is 15.8 Å². The van der Waals surface area contributed by atoms with Gasteiger partial charge in [0.1, 0.15) is 6.10 Å². The Kier molecular flexibility index (Phi) is 5.15. The molecule has 0 bridgehead atoms. The average Bonchev–Trinajstić information content (AvgIpc) is 2.90. The Labute approximate surface area is 120 Å². The van der Waals surface area contributed by atoms with Crippen molar-refractivity contribution in [3.8, 4) is 0 Å². The van der Waals surface area contributed by atoms with Crippen molar-refractivity contribution in [1.29, 1.82) is 0 Å². The molecule has 1 aromatic rings. The largest absolute Gasteiger partial charge is 0.364 e. The van der Waals surface area contributed by atoms with Gasteiger partial charge in [-0.1, -0.05) is 24.3 Å². The Balaban J connectivity index is 1.84. The molecule has 1 aliphatic heterocycles. The van der Waals surface area contributed by atoms with E-state index < -0.39 is 0 Å². The third-order valence-corrected chi connectivity index (χ3v) is 3.84. The molecule has 0 aromatic heterocycles. The molecule has 1 saturated heterocycles. The Morgan fingerprint density at radius 2 is 2.20 bits per heavy atom. The number of amides is 1. The predicted octanol–water partition coefficient (Wildman–Crippen LogP) is 1.55. The van der Waals surface area contributed by atoms with E-state index in [-0.39, 0.29) is 24.2 Å². The molecule has 4 heteroatoms. The lowest BCUT2D eigenvalue weighted by Crippen LogP contribution is -2.41. The van der Waals surface area contributed by atoms with Gasteiger partial charge in [-0.15, -0.1) is 0 Å². The van der Waals surface area contributed by atoms with E-state index in [2.05, 4.69) is 24.4 Å².